The second-order valence-corrected chi connectivity index (χ2v) is 9.52. The molecule has 3 aliphatic rings. The number of rotatable bonds is 8. The molecule has 5 unspecified atom stereocenters. The first kappa shape index (κ1) is 22.2. The molecule has 5 atom stereocenters. The summed E-state index contributed by atoms with van der Waals surface area (Å²) < 4.78 is 5.59. The molecule has 3 heterocycles. The van der Waals surface area contributed by atoms with E-state index < -0.39 is 0 Å². The van der Waals surface area contributed by atoms with Gasteiger partial charge in [0.1, 0.15) is 5.75 Å². The van der Waals surface area contributed by atoms with E-state index in [1.807, 2.05) is 25.1 Å². The van der Waals surface area contributed by atoms with Gasteiger partial charge in [-0.25, -0.2) is 0 Å². The van der Waals surface area contributed by atoms with Crippen LogP contribution in [0.2, 0.25) is 0 Å². The molecule has 3 saturated heterocycles. The molecule has 5 rings (SSSR count). The van der Waals surface area contributed by atoms with Gasteiger partial charge >= 0.3 is 0 Å². The lowest BCUT2D eigenvalue weighted by atomic mass is 9.91. The second-order valence-electron chi connectivity index (χ2n) is 9.52. The van der Waals surface area contributed by atoms with Crippen molar-refractivity contribution in [3.8, 4) is 5.75 Å². The fourth-order valence-electron chi connectivity index (χ4n) is 6.64. The largest absolute Gasteiger partial charge is 0.497 e. The first-order chi connectivity index (χ1) is 16.2. The summed E-state index contributed by atoms with van der Waals surface area (Å²) in [4.78, 5) is 17.9. The molecule has 0 aliphatic carbocycles. The molecule has 5 nitrogen and oxygen atoms in total. The highest BCUT2D eigenvalue weighted by Crippen LogP contribution is 2.50. The van der Waals surface area contributed by atoms with Crippen LogP contribution in [-0.2, 0) is 0 Å². The number of ether oxygens (including phenoxy) is 1. The summed E-state index contributed by atoms with van der Waals surface area (Å²) in [5, 5.41) is 2.90. The molecule has 0 saturated carbocycles. The number of hydrogen-bond donors (Lipinski definition) is 1. The van der Waals surface area contributed by atoms with Crippen molar-refractivity contribution < 1.29 is 9.53 Å². The molecule has 2 aromatic carbocycles. The van der Waals surface area contributed by atoms with Crippen LogP contribution in [0.1, 0.15) is 60.1 Å². The fraction of sp³-hybridized carbons (Fsp3) is 0.464. The van der Waals surface area contributed by atoms with E-state index in [-0.39, 0.29) is 11.9 Å². The maximum absolute atomic E-state index is 12.3. The van der Waals surface area contributed by atoms with Crippen molar-refractivity contribution >= 4 is 5.91 Å². The van der Waals surface area contributed by atoms with Crippen LogP contribution < -0.4 is 10.1 Å². The van der Waals surface area contributed by atoms with Crippen molar-refractivity contribution in [1.82, 2.24) is 15.1 Å². The van der Waals surface area contributed by atoms with Gasteiger partial charge in [0.25, 0.3) is 5.91 Å². The molecule has 0 radical (unpaired) electrons. The molecule has 1 amide bonds. The molecule has 1 N–H and O–H groups in total. The van der Waals surface area contributed by atoms with Gasteiger partial charge in [-0.2, -0.15) is 0 Å². The highest BCUT2D eigenvalue weighted by Gasteiger charge is 2.56. The Morgan fingerprint density at radius 2 is 1.73 bits per heavy atom. The van der Waals surface area contributed by atoms with Crippen molar-refractivity contribution in [2.75, 3.05) is 20.2 Å². The van der Waals surface area contributed by atoms with Crippen LogP contribution in [0.3, 0.4) is 0 Å². The Kier molecular flexibility index (Phi) is 6.26. The van der Waals surface area contributed by atoms with Crippen molar-refractivity contribution in [1.29, 1.82) is 0 Å². The Morgan fingerprint density at radius 3 is 2.33 bits per heavy atom. The molecule has 0 spiro atoms. The molecule has 3 fully saturated rings. The van der Waals surface area contributed by atoms with E-state index in [1.54, 1.807) is 7.11 Å². The van der Waals surface area contributed by atoms with E-state index in [1.165, 1.54) is 36.8 Å². The van der Waals surface area contributed by atoms with Crippen molar-refractivity contribution in [3.63, 3.8) is 0 Å². The Labute approximate surface area is 197 Å². The third-order valence-corrected chi connectivity index (χ3v) is 7.90. The highest BCUT2D eigenvalue weighted by atomic mass is 16.5. The van der Waals surface area contributed by atoms with Crippen LogP contribution in [0, 0.1) is 0 Å². The fourth-order valence-corrected chi connectivity index (χ4v) is 6.64. The van der Waals surface area contributed by atoms with Crippen LogP contribution in [0.5, 0.6) is 5.75 Å². The van der Waals surface area contributed by atoms with Crippen LogP contribution in [0.25, 0.3) is 0 Å². The zero-order valence-electron chi connectivity index (χ0n) is 19.7. The summed E-state index contributed by atoms with van der Waals surface area (Å²) >= 11 is 0. The average molecular weight is 446 g/mol. The maximum Gasteiger partial charge on any atom is 0.251 e. The predicted molar refractivity (Wildman–Crippen MR) is 132 cm³/mol. The zero-order chi connectivity index (χ0) is 22.9. The van der Waals surface area contributed by atoms with Crippen molar-refractivity contribution in [2.24, 2.45) is 0 Å². The Morgan fingerprint density at radius 1 is 1.06 bits per heavy atom. The van der Waals surface area contributed by atoms with Crippen molar-refractivity contribution in [3.05, 3.63) is 77.9 Å². The number of carbonyl (C=O) groups is 1. The maximum atomic E-state index is 12.3. The second kappa shape index (κ2) is 9.32. The number of amides is 1. The quantitative estimate of drug-likeness (QED) is 0.612. The molecule has 5 heteroatoms. The molecular weight excluding hydrogens is 410 g/mol. The third-order valence-electron chi connectivity index (χ3n) is 7.90. The van der Waals surface area contributed by atoms with E-state index in [2.05, 4.69) is 58.1 Å². The SMILES string of the molecule is C=CCN1C2CCC1C1CCC2N1C(c1ccc(C(=O)NCC)cc1)c1cccc(OC)c1. The van der Waals surface area contributed by atoms with Gasteiger partial charge in [0, 0.05) is 42.8 Å². The van der Waals surface area contributed by atoms with Crippen LogP contribution in [0.15, 0.2) is 61.2 Å². The molecule has 174 valence electrons. The lowest BCUT2D eigenvalue weighted by Gasteiger charge is -2.50. The topological polar surface area (TPSA) is 44.8 Å². The molecule has 33 heavy (non-hydrogen) atoms. The summed E-state index contributed by atoms with van der Waals surface area (Å²) in [6.07, 6.45) is 7.11. The lowest BCUT2D eigenvalue weighted by molar-refractivity contribution is -0.00329. The number of nitrogens with zero attached hydrogens (tertiary/aromatic N) is 2. The van der Waals surface area contributed by atoms with Gasteiger partial charge in [-0.15, -0.1) is 6.58 Å². The number of methoxy groups -OCH3 is 1. The summed E-state index contributed by atoms with van der Waals surface area (Å²) in [6, 6.07) is 19.1. The van der Waals surface area contributed by atoms with Crippen LogP contribution in [0.4, 0.5) is 0 Å². The lowest BCUT2D eigenvalue weighted by Crippen LogP contribution is -2.60. The number of fused-ring (bicyclic) bond motifs is 6. The van der Waals surface area contributed by atoms with E-state index in [0.29, 0.717) is 36.3 Å². The highest BCUT2D eigenvalue weighted by molar-refractivity contribution is 5.94. The third kappa shape index (κ3) is 3.87. The summed E-state index contributed by atoms with van der Waals surface area (Å²) in [5.74, 6) is 0.871. The van der Waals surface area contributed by atoms with E-state index >= 15 is 0 Å². The minimum Gasteiger partial charge on any atom is -0.497 e. The van der Waals surface area contributed by atoms with Gasteiger partial charge in [0.15, 0.2) is 0 Å². The van der Waals surface area contributed by atoms with E-state index in [9.17, 15) is 4.79 Å². The molecule has 2 aromatic rings. The van der Waals surface area contributed by atoms with E-state index in [4.69, 9.17) is 4.74 Å². The van der Waals surface area contributed by atoms with Gasteiger partial charge in [0.05, 0.1) is 13.2 Å². The van der Waals surface area contributed by atoms with Gasteiger partial charge in [-0.1, -0.05) is 30.3 Å². The smallest absolute Gasteiger partial charge is 0.251 e. The summed E-state index contributed by atoms with van der Waals surface area (Å²) in [7, 11) is 1.73. The summed E-state index contributed by atoms with van der Waals surface area (Å²) in [6.45, 7) is 7.59. The minimum absolute atomic E-state index is 0.0156. The Hall–Kier alpha value is -2.63. The Bertz CT molecular complexity index is 984. The number of hydrogen-bond acceptors (Lipinski definition) is 4. The molecular formula is C28H35N3O2. The predicted octanol–water partition coefficient (Wildman–Crippen LogP) is 4.40. The van der Waals surface area contributed by atoms with Gasteiger partial charge in [-0.05, 0) is 68.0 Å². The minimum atomic E-state index is -0.0156. The standard InChI is InChI=1S/C28H35N3O2/c1-4-17-30-23-13-14-24(30)26-16-15-25(23)31(26)27(21-7-6-8-22(18-21)33-3)19-9-11-20(12-10-19)28(32)29-5-2/h4,6-12,18,23-27H,1,5,13-17H2,2-3H3,(H,29,32). The number of piperazine rings is 1. The van der Waals surface area contributed by atoms with Gasteiger partial charge in [-0.3, -0.25) is 14.6 Å². The number of benzene rings is 2. The van der Waals surface area contributed by atoms with E-state index in [0.717, 1.165) is 12.3 Å². The van der Waals surface area contributed by atoms with Crippen LogP contribution >= 0.6 is 0 Å². The normalized spacial score (nSPS) is 27.3. The molecule has 3 aliphatic heterocycles. The van der Waals surface area contributed by atoms with Crippen molar-refractivity contribution in [2.45, 2.75) is 62.8 Å². The van der Waals surface area contributed by atoms with Gasteiger partial charge in [0.2, 0.25) is 0 Å². The zero-order valence-corrected chi connectivity index (χ0v) is 19.7. The number of carbonyl (C=O) groups excluding carboxylic acids is 1. The first-order valence-electron chi connectivity index (χ1n) is 12.3. The molecule has 4 bridgehead atoms. The number of nitrogens with one attached hydrogen (secondary N) is 1. The average Bonchev–Trinajstić information content (AvgIpc) is 3.35. The van der Waals surface area contributed by atoms with Crippen LogP contribution in [-0.4, -0.2) is 60.1 Å². The monoisotopic (exact) mass is 445 g/mol. The molecule has 0 aromatic heterocycles. The first-order valence-corrected chi connectivity index (χ1v) is 12.3. The summed E-state index contributed by atoms with van der Waals surface area (Å²) in [5.41, 5.74) is 3.21. The Balaban J connectivity index is 1.54. The van der Waals surface area contributed by atoms with Gasteiger partial charge < -0.3 is 10.1 Å².